The number of hydrogen-bond acceptors (Lipinski definition) is 4. The zero-order chi connectivity index (χ0) is 14.5. The molecule has 1 aromatic heterocycles. The predicted molar refractivity (Wildman–Crippen MR) is 77.2 cm³/mol. The van der Waals surface area contributed by atoms with E-state index < -0.39 is 0 Å². The molecule has 1 aliphatic rings. The number of ether oxygens (including phenoxy) is 1. The first-order valence-electron chi connectivity index (χ1n) is 6.87. The predicted octanol–water partition coefficient (Wildman–Crippen LogP) is 0.834. The van der Waals surface area contributed by atoms with Crippen molar-refractivity contribution >= 4 is 17.5 Å². The van der Waals surface area contributed by atoms with E-state index >= 15 is 0 Å². The van der Waals surface area contributed by atoms with Gasteiger partial charge >= 0.3 is 0 Å². The summed E-state index contributed by atoms with van der Waals surface area (Å²) in [6, 6.07) is 0. The molecular formula is C13H21ClN4O2. The van der Waals surface area contributed by atoms with Crippen molar-refractivity contribution in [2.24, 2.45) is 7.05 Å². The molecule has 20 heavy (non-hydrogen) atoms. The molecule has 1 amide bonds. The summed E-state index contributed by atoms with van der Waals surface area (Å²) in [6.45, 7) is 6.95. The van der Waals surface area contributed by atoms with Gasteiger partial charge in [0.05, 0.1) is 23.9 Å². The molecule has 2 heterocycles. The highest BCUT2D eigenvalue weighted by atomic mass is 35.5. The average molecular weight is 301 g/mol. The summed E-state index contributed by atoms with van der Waals surface area (Å²) in [5.41, 5.74) is 1.10. The van der Waals surface area contributed by atoms with Gasteiger partial charge in [0.2, 0.25) is 0 Å². The molecule has 0 radical (unpaired) electrons. The lowest BCUT2D eigenvalue weighted by molar-refractivity contribution is 0.0374. The molecule has 0 aliphatic carbocycles. The van der Waals surface area contributed by atoms with E-state index in [0.29, 0.717) is 23.0 Å². The first-order chi connectivity index (χ1) is 9.59. The van der Waals surface area contributed by atoms with E-state index in [4.69, 9.17) is 16.3 Å². The van der Waals surface area contributed by atoms with Gasteiger partial charge in [-0.25, -0.2) is 0 Å². The maximum atomic E-state index is 12.1. The lowest BCUT2D eigenvalue weighted by Gasteiger charge is -2.26. The number of nitrogens with zero attached hydrogens (tertiary/aromatic N) is 3. The van der Waals surface area contributed by atoms with Crippen molar-refractivity contribution in [3.05, 3.63) is 16.4 Å². The van der Waals surface area contributed by atoms with Crippen molar-refractivity contribution in [1.29, 1.82) is 0 Å². The zero-order valence-electron chi connectivity index (χ0n) is 12.0. The number of morpholine rings is 1. The van der Waals surface area contributed by atoms with E-state index in [9.17, 15) is 4.79 Å². The third-order valence-corrected chi connectivity index (χ3v) is 3.86. The normalized spacial score (nSPS) is 16.4. The summed E-state index contributed by atoms with van der Waals surface area (Å²) in [6.07, 6.45) is 0.917. The Bertz CT molecular complexity index is 469. The molecule has 1 aliphatic heterocycles. The van der Waals surface area contributed by atoms with Crippen LogP contribution in [0.1, 0.15) is 22.6 Å². The number of aryl methyl sites for hydroxylation is 2. The molecule has 0 saturated carbocycles. The highest BCUT2D eigenvalue weighted by Gasteiger charge is 2.18. The summed E-state index contributed by atoms with van der Waals surface area (Å²) >= 11 is 6.08. The van der Waals surface area contributed by atoms with Crippen molar-refractivity contribution in [2.75, 3.05) is 39.4 Å². The van der Waals surface area contributed by atoms with E-state index in [-0.39, 0.29) is 5.91 Å². The molecule has 0 atom stereocenters. The Morgan fingerprint density at radius 1 is 1.45 bits per heavy atom. The van der Waals surface area contributed by atoms with Crippen LogP contribution >= 0.6 is 11.6 Å². The maximum Gasteiger partial charge on any atom is 0.271 e. The van der Waals surface area contributed by atoms with Gasteiger partial charge in [0.1, 0.15) is 5.69 Å². The molecule has 1 fully saturated rings. The molecule has 0 bridgehead atoms. The van der Waals surface area contributed by atoms with Crippen LogP contribution in [0.25, 0.3) is 0 Å². The topological polar surface area (TPSA) is 59.4 Å². The van der Waals surface area contributed by atoms with Crippen molar-refractivity contribution in [2.45, 2.75) is 13.3 Å². The number of aromatic nitrogens is 2. The maximum absolute atomic E-state index is 12.1. The van der Waals surface area contributed by atoms with Gasteiger partial charge in [-0.15, -0.1) is 0 Å². The molecular weight excluding hydrogens is 280 g/mol. The van der Waals surface area contributed by atoms with E-state index in [1.807, 2.05) is 0 Å². The third-order valence-electron chi connectivity index (χ3n) is 3.40. The van der Waals surface area contributed by atoms with E-state index in [1.54, 1.807) is 14.0 Å². The Kier molecular flexibility index (Phi) is 5.39. The Balaban J connectivity index is 1.74. The monoisotopic (exact) mass is 300 g/mol. The second-order valence-corrected chi connectivity index (χ2v) is 5.31. The Morgan fingerprint density at radius 3 is 2.75 bits per heavy atom. The second-order valence-electron chi connectivity index (χ2n) is 4.94. The quantitative estimate of drug-likeness (QED) is 0.819. The number of carbonyl (C=O) groups is 1. The largest absolute Gasteiger partial charge is 0.379 e. The highest BCUT2D eigenvalue weighted by molar-refractivity contribution is 6.34. The van der Waals surface area contributed by atoms with Crippen LogP contribution in [0, 0.1) is 6.92 Å². The number of nitrogens with one attached hydrogen (secondary N) is 1. The standard InChI is InChI=1S/C13H21ClN4O2/c1-10-11(14)12(17(2)16-10)13(19)15-4-3-5-18-6-8-20-9-7-18/h3-9H2,1-2H3,(H,15,19). The molecule has 1 aromatic rings. The lowest BCUT2D eigenvalue weighted by Crippen LogP contribution is -2.38. The van der Waals surface area contributed by atoms with Crippen LogP contribution in [0.2, 0.25) is 5.02 Å². The van der Waals surface area contributed by atoms with E-state index in [1.165, 1.54) is 4.68 Å². The minimum absolute atomic E-state index is 0.167. The van der Waals surface area contributed by atoms with E-state index in [2.05, 4.69) is 15.3 Å². The number of amides is 1. The minimum Gasteiger partial charge on any atom is -0.379 e. The molecule has 7 heteroatoms. The number of hydrogen-bond donors (Lipinski definition) is 1. The first kappa shape index (κ1) is 15.3. The van der Waals surface area contributed by atoms with Crippen LogP contribution in [-0.2, 0) is 11.8 Å². The minimum atomic E-state index is -0.167. The van der Waals surface area contributed by atoms with Crippen molar-refractivity contribution < 1.29 is 9.53 Å². The van der Waals surface area contributed by atoms with Gasteiger partial charge in [-0.05, 0) is 19.9 Å². The van der Waals surface area contributed by atoms with Crippen LogP contribution < -0.4 is 5.32 Å². The van der Waals surface area contributed by atoms with E-state index in [0.717, 1.165) is 39.3 Å². The molecule has 0 aromatic carbocycles. The third kappa shape index (κ3) is 3.71. The SMILES string of the molecule is Cc1nn(C)c(C(=O)NCCCN2CCOCC2)c1Cl. The van der Waals surface area contributed by atoms with Gasteiger partial charge < -0.3 is 10.1 Å². The fraction of sp³-hybridized carbons (Fsp3) is 0.692. The van der Waals surface area contributed by atoms with Crippen molar-refractivity contribution in [3.63, 3.8) is 0 Å². The summed E-state index contributed by atoms with van der Waals surface area (Å²) in [5, 5.41) is 7.46. The Labute approximate surface area is 124 Å². The van der Waals surface area contributed by atoms with Crippen LogP contribution in [-0.4, -0.2) is 60.0 Å². The van der Waals surface area contributed by atoms with Crippen LogP contribution in [0.4, 0.5) is 0 Å². The lowest BCUT2D eigenvalue weighted by atomic mass is 10.3. The average Bonchev–Trinajstić information content (AvgIpc) is 2.69. The second kappa shape index (κ2) is 7.06. The molecule has 2 rings (SSSR count). The van der Waals surface area contributed by atoms with Crippen molar-refractivity contribution in [1.82, 2.24) is 20.0 Å². The van der Waals surface area contributed by atoms with Gasteiger partial charge in [0, 0.05) is 26.7 Å². The van der Waals surface area contributed by atoms with Gasteiger partial charge in [-0.1, -0.05) is 11.6 Å². The van der Waals surface area contributed by atoms with Gasteiger partial charge in [0.15, 0.2) is 0 Å². The summed E-state index contributed by atoms with van der Waals surface area (Å²) in [7, 11) is 1.72. The molecule has 6 nitrogen and oxygen atoms in total. The van der Waals surface area contributed by atoms with Crippen LogP contribution in [0.3, 0.4) is 0 Å². The Morgan fingerprint density at radius 2 is 2.15 bits per heavy atom. The molecule has 1 N–H and O–H groups in total. The first-order valence-corrected chi connectivity index (χ1v) is 7.25. The fourth-order valence-corrected chi connectivity index (χ4v) is 2.54. The van der Waals surface area contributed by atoms with Gasteiger partial charge in [-0.3, -0.25) is 14.4 Å². The highest BCUT2D eigenvalue weighted by Crippen LogP contribution is 2.18. The molecule has 0 spiro atoms. The number of rotatable bonds is 5. The zero-order valence-corrected chi connectivity index (χ0v) is 12.7. The molecule has 1 saturated heterocycles. The molecule has 112 valence electrons. The van der Waals surface area contributed by atoms with Crippen LogP contribution in [0.15, 0.2) is 0 Å². The molecule has 0 unspecified atom stereocenters. The number of halogens is 1. The summed E-state index contributed by atoms with van der Waals surface area (Å²) < 4.78 is 6.82. The van der Waals surface area contributed by atoms with Crippen molar-refractivity contribution in [3.8, 4) is 0 Å². The van der Waals surface area contributed by atoms with Crippen LogP contribution in [0.5, 0.6) is 0 Å². The van der Waals surface area contributed by atoms with Gasteiger partial charge in [0.25, 0.3) is 5.91 Å². The Hall–Kier alpha value is -1.11. The summed E-state index contributed by atoms with van der Waals surface area (Å²) in [4.78, 5) is 14.4. The van der Waals surface area contributed by atoms with Gasteiger partial charge in [-0.2, -0.15) is 5.10 Å². The summed E-state index contributed by atoms with van der Waals surface area (Å²) in [5.74, 6) is -0.167. The smallest absolute Gasteiger partial charge is 0.271 e. The fourth-order valence-electron chi connectivity index (χ4n) is 2.29. The number of carbonyl (C=O) groups excluding carboxylic acids is 1.